The quantitative estimate of drug-likeness (QED) is 0.613. The van der Waals surface area contributed by atoms with E-state index in [1.54, 1.807) is 0 Å². The van der Waals surface area contributed by atoms with Crippen LogP contribution in [-0.2, 0) is 0 Å². The van der Waals surface area contributed by atoms with Gasteiger partial charge in [-0.2, -0.15) is 0 Å². The smallest absolute Gasteiger partial charge is 0.0194 e. The second kappa shape index (κ2) is 7.34. The molecule has 0 heterocycles. The fraction of sp³-hybridized carbons (Fsp3) is 1.00. The van der Waals surface area contributed by atoms with Crippen LogP contribution in [0.25, 0.3) is 0 Å². The topological polar surface area (TPSA) is 15.3 Å². The van der Waals surface area contributed by atoms with Gasteiger partial charge >= 0.3 is 0 Å². The highest BCUT2D eigenvalue weighted by molar-refractivity contribution is 4.71. The molecule has 0 aromatic carbocycles. The van der Waals surface area contributed by atoms with Crippen molar-refractivity contribution in [3.8, 4) is 0 Å². The van der Waals surface area contributed by atoms with Gasteiger partial charge in [-0.25, -0.2) is 0 Å². The molecular formula is C11H26N2. The number of hydrogen-bond acceptors (Lipinski definition) is 2. The summed E-state index contributed by atoms with van der Waals surface area (Å²) in [4.78, 5) is 2.52. The van der Waals surface area contributed by atoms with Gasteiger partial charge in [0.15, 0.2) is 0 Å². The lowest BCUT2D eigenvalue weighted by Crippen LogP contribution is -2.44. The molecule has 1 N–H and O–H groups in total. The van der Waals surface area contributed by atoms with Gasteiger partial charge in [-0.15, -0.1) is 0 Å². The minimum atomic E-state index is 0.650. The zero-order chi connectivity index (χ0) is 10.3. The Balaban J connectivity index is 3.70. The van der Waals surface area contributed by atoms with E-state index in [4.69, 9.17) is 0 Å². The van der Waals surface area contributed by atoms with Crippen LogP contribution in [0.5, 0.6) is 0 Å². The highest BCUT2D eigenvalue weighted by Gasteiger charge is 2.13. The van der Waals surface area contributed by atoms with Crippen molar-refractivity contribution < 1.29 is 0 Å². The van der Waals surface area contributed by atoms with Crippen molar-refractivity contribution in [2.45, 2.75) is 53.1 Å². The Kier molecular flexibility index (Phi) is 7.29. The first kappa shape index (κ1) is 12.9. The lowest BCUT2D eigenvalue weighted by molar-refractivity contribution is 0.170. The number of nitrogens with zero attached hydrogens (tertiary/aromatic N) is 1. The average molecular weight is 186 g/mol. The molecule has 0 aliphatic heterocycles. The lowest BCUT2D eigenvalue weighted by Gasteiger charge is -2.31. The molecule has 80 valence electrons. The molecule has 0 bridgehead atoms. The van der Waals surface area contributed by atoms with Crippen LogP contribution < -0.4 is 5.32 Å². The molecule has 0 rings (SSSR count). The van der Waals surface area contributed by atoms with Crippen molar-refractivity contribution in [2.24, 2.45) is 0 Å². The van der Waals surface area contributed by atoms with Crippen LogP contribution in [0.4, 0.5) is 0 Å². The Morgan fingerprint density at radius 3 is 2.15 bits per heavy atom. The number of hydrogen-bond donors (Lipinski definition) is 1. The summed E-state index contributed by atoms with van der Waals surface area (Å²) in [6.07, 6.45) is 1.22. The number of likely N-dealkylation sites (N-methyl/N-ethyl adjacent to an activating group) is 1. The van der Waals surface area contributed by atoms with E-state index in [1.807, 2.05) is 0 Å². The molecule has 0 fully saturated rings. The summed E-state index contributed by atoms with van der Waals surface area (Å²) in [7, 11) is 0. The average Bonchev–Trinajstić information content (AvgIpc) is 2.05. The van der Waals surface area contributed by atoms with Crippen molar-refractivity contribution in [3.63, 3.8) is 0 Å². The minimum absolute atomic E-state index is 0.650. The van der Waals surface area contributed by atoms with Crippen molar-refractivity contribution in [1.29, 1.82) is 0 Å². The van der Waals surface area contributed by atoms with Crippen molar-refractivity contribution in [2.75, 3.05) is 19.6 Å². The van der Waals surface area contributed by atoms with Crippen LogP contribution in [0.3, 0.4) is 0 Å². The maximum atomic E-state index is 3.46. The first-order valence-electron chi connectivity index (χ1n) is 5.59. The summed E-state index contributed by atoms with van der Waals surface area (Å²) in [6.45, 7) is 14.7. The molecule has 0 amide bonds. The highest BCUT2D eigenvalue weighted by Crippen LogP contribution is 2.03. The Morgan fingerprint density at radius 1 is 1.15 bits per heavy atom. The molecule has 0 spiro atoms. The molecule has 0 aliphatic rings. The molecule has 0 radical (unpaired) electrons. The van der Waals surface area contributed by atoms with Crippen LogP contribution in [0.1, 0.15) is 41.0 Å². The van der Waals surface area contributed by atoms with E-state index in [0.29, 0.717) is 12.1 Å². The van der Waals surface area contributed by atoms with Crippen LogP contribution in [0.2, 0.25) is 0 Å². The van der Waals surface area contributed by atoms with Crippen LogP contribution in [-0.4, -0.2) is 36.6 Å². The van der Waals surface area contributed by atoms with E-state index in [2.05, 4.69) is 44.8 Å². The molecular weight excluding hydrogens is 160 g/mol. The van der Waals surface area contributed by atoms with Crippen LogP contribution in [0.15, 0.2) is 0 Å². The molecule has 13 heavy (non-hydrogen) atoms. The molecule has 2 nitrogen and oxygen atoms in total. The first-order valence-corrected chi connectivity index (χ1v) is 5.59. The summed E-state index contributed by atoms with van der Waals surface area (Å²) in [6, 6.07) is 1.31. The van der Waals surface area contributed by atoms with Gasteiger partial charge in [-0.05, 0) is 40.3 Å². The van der Waals surface area contributed by atoms with E-state index in [9.17, 15) is 0 Å². The summed E-state index contributed by atoms with van der Waals surface area (Å²) in [5.41, 5.74) is 0. The molecule has 1 unspecified atom stereocenters. The van der Waals surface area contributed by atoms with Crippen LogP contribution in [0, 0.1) is 0 Å². The van der Waals surface area contributed by atoms with Gasteiger partial charge in [0.05, 0.1) is 0 Å². The molecule has 0 saturated carbocycles. The molecule has 0 aromatic heterocycles. The maximum absolute atomic E-state index is 3.46. The lowest BCUT2D eigenvalue weighted by atomic mass is 10.2. The zero-order valence-electron chi connectivity index (χ0n) is 9.93. The third-order valence-electron chi connectivity index (χ3n) is 2.46. The Hall–Kier alpha value is -0.0800. The van der Waals surface area contributed by atoms with Gasteiger partial charge in [0.1, 0.15) is 0 Å². The SMILES string of the molecule is CCCNCC(C)N(CC)C(C)C. The third-order valence-corrected chi connectivity index (χ3v) is 2.46. The molecule has 0 aliphatic carbocycles. The first-order chi connectivity index (χ1) is 6.13. The van der Waals surface area contributed by atoms with E-state index in [-0.39, 0.29) is 0 Å². The standard InChI is InChI=1S/C11H26N2/c1-6-8-12-9-11(5)13(7-2)10(3)4/h10-12H,6-9H2,1-5H3. The molecule has 0 saturated heterocycles. The van der Waals surface area contributed by atoms with E-state index in [1.165, 1.54) is 6.42 Å². The summed E-state index contributed by atoms with van der Waals surface area (Å²) in [5.74, 6) is 0. The van der Waals surface area contributed by atoms with Crippen molar-refractivity contribution in [3.05, 3.63) is 0 Å². The van der Waals surface area contributed by atoms with Gasteiger partial charge in [0.25, 0.3) is 0 Å². The number of nitrogens with one attached hydrogen (secondary N) is 1. The van der Waals surface area contributed by atoms with Crippen molar-refractivity contribution in [1.82, 2.24) is 10.2 Å². The Bertz CT molecular complexity index is 113. The van der Waals surface area contributed by atoms with Gasteiger partial charge in [0.2, 0.25) is 0 Å². The fourth-order valence-electron chi connectivity index (χ4n) is 1.79. The predicted octanol–water partition coefficient (Wildman–Crippen LogP) is 2.10. The minimum Gasteiger partial charge on any atom is -0.315 e. The highest BCUT2D eigenvalue weighted by atomic mass is 15.2. The second-order valence-electron chi connectivity index (χ2n) is 3.98. The second-order valence-corrected chi connectivity index (χ2v) is 3.98. The zero-order valence-corrected chi connectivity index (χ0v) is 9.93. The molecule has 0 aromatic rings. The van der Waals surface area contributed by atoms with E-state index >= 15 is 0 Å². The summed E-state index contributed by atoms with van der Waals surface area (Å²) >= 11 is 0. The molecule has 1 atom stereocenters. The van der Waals surface area contributed by atoms with E-state index in [0.717, 1.165) is 19.6 Å². The largest absolute Gasteiger partial charge is 0.315 e. The van der Waals surface area contributed by atoms with Crippen molar-refractivity contribution >= 4 is 0 Å². The summed E-state index contributed by atoms with van der Waals surface area (Å²) < 4.78 is 0. The van der Waals surface area contributed by atoms with E-state index < -0.39 is 0 Å². The number of rotatable bonds is 7. The molecule has 2 heteroatoms. The Labute approximate surface area is 83.7 Å². The Morgan fingerprint density at radius 2 is 1.77 bits per heavy atom. The third kappa shape index (κ3) is 5.27. The van der Waals surface area contributed by atoms with Crippen LogP contribution >= 0.6 is 0 Å². The fourth-order valence-corrected chi connectivity index (χ4v) is 1.79. The van der Waals surface area contributed by atoms with Gasteiger partial charge in [0, 0.05) is 18.6 Å². The van der Waals surface area contributed by atoms with Gasteiger partial charge in [-0.3, -0.25) is 4.90 Å². The monoisotopic (exact) mass is 186 g/mol. The summed E-state index contributed by atoms with van der Waals surface area (Å²) in [5, 5.41) is 3.46. The normalized spacial score (nSPS) is 14.1. The van der Waals surface area contributed by atoms with Gasteiger partial charge < -0.3 is 5.32 Å². The van der Waals surface area contributed by atoms with Gasteiger partial charge in [-0.1, -0.05) is 13.8 Å². The maximum Gasteiger partial charge on any atom is 0.0194 e. The predicted molar refractivity (Wildman–Crippen MR) is 60.1 cm³/mol.